The molecule has 0 atom stereocenters. The maximum Gasteiger partial charge on any atom is 0.258 e. The summed E-state index contributed by atoms with van der Waals surface area (Å²) in [5.41, 5.74) is 7.11. The summed E-state index contributed by atoms with van der Waals surface area (Å²) in [6, 6.07) is 14.7. The summed E-state index contributed by atoms with van der Waals surface area (Å²) in [4.78, 5) is 19.5. The Labute approximate surface area is 253 Å². The minimum atomic E-state index is 0.0720. The van der Waals surface area contributed by atoms with Gasteiger partial charge in [-0.3, -0.25) is 9.36 Å². The number of hydrogen-bond acceptors (Lipinski definition) is 8. The first-order chi connectivity index (χ1) is 20.5. The van der Waals surface area contributed by atoms with Crippen molar-refractivity contribution in [2.24, 2.45) is 0 Å². The lowest BCUT2D eigenvalue weighted by molar-refractivity contribution is 0.134. The molecule has 0 unspecified atom stereocenters. The normalized spacial score (nSPS) is 12.1. The van der Waals surface area contributed by atoms with Gasteiger partial charge in [-0.05, 0) is 67.5 Å². The smallest absolute Gasteiger partial charge is 0.258 e. The molecule has 0 saturated heterocycles. The standard InChI is InChI=1S/C31H37N5O3S.C2H6/c1-5-7-12-29-33-27-17-32-16-26(27)31(37)36(29)18-22-13-14-24(23(15-22)19-38-6-2)25-10-8-9-11-28(25)40-35-30-20(3)21(4)39-34-30;1-2/h8-11,13-15,32H,5-7,12,16-19H2,1-4H3,(H,34,35);1-2H3. The number of ether oxygens (including phenoxy) is 1. The Morgan fingerprint density at radius 2 is 1.90 bits per heavy atom. The lowest BCUT2D eigenvalue weighted by Gasteiger charge is -2.17. The molecule has 0 fully saturated rings. The lowest BCUT2D eigenvalue weighted by Crippen LogP contribution is -2.29. The quantitative estimate of drug-likeness (QED) is 0.168. The van der Waals surface area contributed by atoms with Gasteiger partial charge in [0.2, 0.25) is 0 Å². The van der Waals surface area contributed by atoms with Gasteiger partial charge in [-0.1, -0.05) is 68.7 Å². The fourth-order valence-corrected chi connectivity index (χ4v) is 5.75. The molecule has 1 aliphatic heterocycles. The summed E-state index contributed by atoms with van der Waals surface area (Å²) in [6.45, 7) is 14.9. The monoisotopic (exact) mass is 589 g/mol. The van der Waals surface area contributed by atoms with E-state index < -0.39 is 0 Å². The number of nitrogens with zero attached hydrogens (tertiary/aromatic N) is 3. The number of hydrogen-bond donors (Lipinski definition) is 2. The molecule has 0 aliphatic carbocycles. The van der Waals surface area contributed by atoms with E-state index in [4.69, 9.17) is 14.2 Å². The fourth-order valence-electron chi connectivity index (χ4n) is 4.92. The van der Waals surface area contributed by atoms with Crippen molar-refractivity contribution in [3.63, 3.8) is 0 Å². The molecule has 2 aromatic carbocycles. The second-order valence-corrected chi connectivity index (χ2v) is 10.9. The van der Waals surface area contributed by atoms with Gasteiger partial charge in [0.05, 0.1) is 24.4 Å². The van der Waals surface area contributed by atoms with Crippen LogP contribution >= 0.6 is 11.9 Å². The molecule has 0 bridgehead atoms. The van der Waals surface area contributed by atoms with E-state index in [0.717, 1.165) is 80.6 Å². The lowest BCUT2D eigenvalue weighted by atomic mass is 9.97. The van der Waals surface area contributed by atoms with Gasteiger partial charge in [-0.15, -0.1) is 0 Å². The third-order valence-corrected chi connectivity index (χ3v) is 8.21. The highest BCUT2D eigenvalue weighted by molar-refractivity contribution is 8.00. The first-order valence-electron chi connectivity index (χ1n) is 15.0. The number of unbranched alkanes of at least 4 members (excludes halogenated alkanes) is 1. The fraction of sp³-hybridized carbons (Fsp3) is 0.424. The van der Waals surface area contributed by atoms with Crippen LogP contribution in [0.4, 0.5) is 5.82 Å². The molecular formula is C33H43N5O3S. The van der Waals surface area contributed by atoms with Crippen LogP contribution in [-0.2, 0) is 37.4 Å². The van der Waals surface area contributed by atoms with Crippen LogP contribution in [0, 0.1) is 13.8 Å². The SMILES string of the molecule is CC.CCCCc1nc2c(c(=O)n1Cc1ccc(-c3ccccc3SNc3noc(C)c3C)c(COCC)c1)CNC2. The maximum absolute atomic E-state index is 13.5. The van der Waals surface area contributed by atoms with E-state index in [0.29, 0.717) is 32.8 Å². The summed E-state index contributed by atoms with van der Waals surface area (Å²) in [7, 11) is 0. The summed E-state index contributed by atoms with van der Waals surface area (Å²) >= 11 is 1.51. The van der Waals surface area contributed by atoms with E-state index in [-0.39, 0.29) is 5.56 Å². The van der Waals surface area contributed by atoms with E-state index >= 15 is 0 Å². The molecule has 224 valence electrons. The molecule has 0 amide bonds. The molecule has 0 radical (unpaired) electrons. The molecule has 2 N–H and O–H groups in total. The van der Waals surface area contributed by atoms with Gasteiger partial charge >= 0.3 is 0 Å². The van der Waals surface area contributed by atoms with Crippen LogP contribution in [0.3, 0.4) is 0 Å². The number of rotatable bonds is 12. The van der Waals surface area contributed by atoms with E-state index in [2.05, 4.69) is 52.5 Å². The molecular weight excluding hydrogens is 546 g/mol. The van der Waals surface area contributed by atoms with E-state index in [1.54, 1.807) is 0 Å². The van der Waals surface area contributed by atoms with Crippen molar-refractivity contribution in [1.29, 1.82) is 0 Å². The highest BCUT2D eigenvalue weighted by atomic mass is 32.2. The minimum Gasteiger partial charge on any atom is -0.377 e. The number of anilines is 1. The van der Waals surface area contributed by atoms with Gasteiger partial charge in [-0.25, -0.2) is 4.98 Å². The maximum atomic E-state index is 13.5. The molecule has 2 aromatic heterocycles. The summed E-state index contributed by atoms with van der Waals surface area (Å²) in [6.07, 6.45) is 2.86. The van der Waals surface area contributed by atoms with Crippen molar-refractivity contribution in [3.8, 4) is 11.1 Å². The molecule has 42 heavy (non-hydrogen) atoms. The van der Waals surface area contributed by atoms with Crippen molar-refractivity contribution >= 4 is 17.8 Å². The second kappa shape index (κ2) is 15.2. The van der Waals surface area contributed by atoms with Crippen LogP contribution in [0.25, 0.3) is 11.1 Å². The first kappa shape index (κ1) is 31.5. The highest BCUT2D eigenvalue weighted by Crippen LogP contribution is 2.35. The van der Waals surface area contributed by atoms with Gasteiger partial charge < -0.3 is 19.3 Å². The minimum absolute atomic E-state index is 0.0720. The van der Waals surface area contributed by atoms with E-state index in [1.807, 2.05) is 51.3 Å². The van der Waals surface area contributed by atoms with Crippen molar-refractivity contribution in [3.05, 3.63) is 92.4 Å². The molecule has 0 saturated carbocycles. The van der Waals surface area contributed by atoms with Crippen molar-refractivity contribution < 1.29 is 9.26 Å². The van der Waals surface area contributed by atoms with Crippen molar-refractivity contribution in [1.82, 2.24) is 20.0 Å². The summed E-state index contributed by atoms with van der Waals surface area (Å²) in [5.74, 6) is 2.40. The van der Waals surface area contributed by atoms with Crippen molar-refractivity contribution in [2.75, 3.05) is 11.3 Å². The number of fused-ring (bicyclic) bond motifs is 1. The molecule has 8 nitrogen and oxygen atoms in total. The summed E-state index contributed by atoms with van der Waals surface area (Å²) < 4.78 is 16.4. The zero-order valence-corrected chi connectivity index (χ0v) is 26.5. The largest absolute Gasteiger partial charge is 0.377 e. The van der Waals surface area contributed by atoms with E-state index in [1.165, 1.54) is 11.9 Å². The predicted molar refractivity (Wildman–Crippen MR) is 171 cm³/mol. The Kier molecular flexibility index (Phi) is 11.4. The van der Waals surface area contributed by atoms with Crippen LogP contribution < -0.4 is 15.6 Å². The predicted octanol–water partition coefficient (Wildman–Crippen LogP) is 7.19. The van der Waals surface area contributed by atoms with Crippen LogP contribution in [0.15, 0.2) is 56.7 Å². The third kappa shape index (κ3) is 7.14. The number of aromatic nitrogens is 3. The van der Waals surface area contributed by atoms with Gasteiger partial charge in [0.1, 0.15) is 11.6 Å². The molecule has 0 spiro atoms. The first-order valence-corrected chi connectivity index (χ1v) is 15.8. The summed E-state index contributed by atoms with van der Waals surface area (Å²) in [5, 5.41) is 7.42. The average Bonchev–Trinajstić information content (AvgIpc) is 3.63. The molecule has 5 rings (SSSR count). The second-order valence-electron chi connectivity index (χ2n) is 10.1. The van der Waals surface area contributed by atoms with Crippen LogP contribution in [0.5, 0.6) is 0 Å². The van der Waals surface area contributed by atoms with Gasteiger partial charge in [0.25, 0.3) is 5.56 Å². The molecule has 9 heteroatoms. The van der Waals surface area contributed by atoms with E-state index in [9.17, 15) is 4.79 Å². The van der Waals surface area contributed by atoms with Crippen LogP contribution in [0.2, 0.25) is 0 Å². The molecule has 3 heterocycles. The zero-order valence-electron chi connectivity index (χ0n) is 25.7. The topological polar surface area (TPSA) is 94.2 Å². The van der Waals surface area contributed by atoms with Crippen LogP contribution in [-0.4, -0.2) is 21.3 Å². The number of nitrogens with one attached hydrogen (secondary N) is 2. The van der Waals surface area contributed by atoms with Gasteiger partial charge in [0, 0.05) is 36.6 Å². The Bertz CT molecular complexity index is 1550. The van der Waals surface area contributed by atoms with Gasteiger partial charge in [-0.2, -0.15) is 0 Å². The zero-order chi connectivity index (χ0) is 30.1. The average molecular weight is 590 g/mol. The van der Waals surface area contributed by atoms with Gasteiger partial charge in [0.15, 0.2) is 5.82 Å². The highest BCUT2D eigenvalue weighted by Gasteiger charge is 2.21. The number of benzene rings is 2. The Hall–Kier alpha value is -3.40. The molecule has 4 aromatic rings. The Morgan fingerprint density at radius 1 is 1.10 bits per heavy atom. The Balaban J connectivity index is 0.00000198. The molecule has 1 aliphatic rings. The Morgan fingerprint density at radius 3 is 2.64 bits per heavy atom. The van der Waals surface area contributed by atoms with Crippen LogP contribution in [0.1, 0.15) is 80.1 Å². The number of aryl methyl sites for hydroxylation is 2. The third-order valence-electron chi connectivity index (χ3n) is 7.34. The van der Waals surface area contributed by atoms with Crippen molar-refractivity contribution in [2.45, 2.75) is 91.9 Å².